The van der Waals surface area contributed by atoms with Crippen molar-refractivity contribution in [3.8, 4) is 0 Å². The first-order valence-electron chi connectivity index (χ1n) is 5.16. The molecule has 4 heteroatoms. The summed E-state index contributed by atoms with van der Waals surface area (Å²) in [5, 5.41) is 7.25. The van der Waals surface area contributed by atoms with Crippen molar-refractivity contribution in [2.24, 2.45) is 7.05 Å². The molecule has 1 heterocycles. The molecular weight excluding hydrogens is 190 g/mol. The number of carbonyl (C=O) groups is 1. The van der Waals surface area contributed by atoms with E-state index in [0.717, 1.165) is 0 Å². The van der Waals surface area contributed by atoms with Crippen LogP contribution in [0.3, 0.4) is 0 Å². The van der Waals surface area contributed by atoms with Gasteiger partial charge in [0, 0.05) is 31.7 Å². The van der Waals surface area contributed by atoms with Gasteiger partial charge in [-0.2, -0.15) is 5.10 Å². The van der Waals surface area contributed by atoms with Gasteiger partial charge in [0.15, 0.2) is 5.78 Å². The summed E-state index contributed by atoms with van der Waals surface area (Å²) >= 11 is 0. The van der Waals surface area contributed by atoms with Gasteiger partial charge in [-0.05, 0) is 26.8 Å². The Balaban J connectivity index is 2.41. The monoisotopic (exact) mass is 209 g/mol. The number of ketones is 1. The van der Waals surface area contributed by atoms with Crippen molar-refractivity contribution in [3.05, 3.63) is 18.0 Å². The van der Waals surface area contributed by atoms with Gasteiger partial charge in [0.25, 0.3) is 0 Å². The third kappa shape index (κ3) is 3.83. The second kappa shape index (κ2) is 4.57. The highest BCUT2D eigenvalue weighted by atomic mass is 16.1. The molecule has 0 unspecified atom stereocenters. The molecule has 0 amide bonds. The van der Waals surface area contributed by atoms with Crippen LogP contribution in [0.5, 0.6) is 0 Å². The lowest BCUT2D eigenvalue weighted by atomic mass is 10.1. The Morgan fingerprint density at radius 3 is 2.67 bits per heavy atom. The molecule has 0 aromatic carbocycles. The second-order valence-electron chi connectivity index (χ2n) is 4.69. The molecule has 84 valence electrons. The number of rotatable bonds is 4. The topological polar surface area (TPSA) is 46.9 Å². The van der Waals surface area contributed by atoms with Gasteiger partial charge in [-0.1, -0.05) is 0 Å². The van der Waals surface area contributed by atoms with Crippen molar-refractivity contribution in [3.63, 3.8) is 0 Å². The first-order chi connectivity index (χ1) is 6.90. The Morgan fingerprint density at radius 2 is 2.20 bits per heavy atom. The molecule has 0 aliphatic carbocycles. The zero-order valence-electron chi connectivity index (χ0n) is 9.87. The van der Waals surface area contributed by atoms with Crippen LogP contribution in [-0.4, -0.2) is 27.6 Å². The average molecular weight is 209 g/mol. The zero-order valence-corrected chi connectivity index (χ0v) is 9.87. The number of nitrogens with zero attached hydrogens (tertiary/aromatic N) is 2. The zero-order chi connectivity index (χ0) is 11.5. The number of Topliss-reactive ketones (excluding diaryl/α,β-unsaturated/α-hetero) is 1. The lowest BCUT2D eigenvalue weighted by molar-refractivity contribution is 0.0971. The van der Waals surface area contributed by atoms with E-state index in [2.05, 4.69) is 31.2 Å². The van der Waals surface area contributed by atoms with Gasteiger partial charge < -0.3 is 5.32 Å². The fourth-order valence-corrected chi connectivity index (χ4v) is 1.33. The fourth-order valence-electron chi connectivity index (χ4n) is 1.33. The van der Waals surface area contributed by atoms with Crippen LogP contribution in [0.2, 0.25) is 0 Å². The number of aromatic nitrogens is 2. The van der Waals surface area contributed by atoms with Gasteiger partial charge in [0.2, 0.25) is 0 Å². The summed E-state index contributed by atoms with van der Waals surface area (Å²) < 4.78 is 1.61. The summed E-state index contributed by atoms with van der Waals surface area (Å²) in [5.41, 5.74) is 0.734. The Kier molecular flexibility index (Phi) is 3.63. The highest BCUT2D eigenvalue weighted by Gasteiger charge is 2.12. The van der Waals surface area contributed by atoms with E-state index in [9.17, 15) is 4.79 Å². The summed E-state index contributed by atoms with van der Waals surface area (Å²) in [6.07, 6.45) is 2.15. The lowest BCUT2D eigenvalue weighted by Crippen LogP contribution is -2.37. The molecule has 1 aromatic heterocycles. The summed E-state index contributed by atoms with van der Waals surface area (Å²) in [7, 11) is 1.78. The first-order valence-corrected chi connectivity index (χ1v) is 5.16. The Labute approximate surface area is 90.7 Å². The third-order valence-electron chi connectivity index (χ3n) is 2.11. The minimum atomic E-state index is 0.0622. The van der Waals surface area contributed by atoms with Gasteiger partial charge >= 0.3 is 0 Å². The Hall–Kier alpha value is -1.16. The van der Waals surface area contributed by atoms with E-state index in [0.29, 0.717) is 18.7 Å². The summed E-state index contributed by atoms with van der Waals surface area (Å²) in [4.78, 5) is 11.7. The van der Waals surface area contributed by atoms with Crippen molar-refractivity contribution in [1.29, 1.82) is 0 Å². The first kappa shape index (κ1) is 11.9. The maximum absolute atomic E-state index is 11.7. The van der Waals surface area contributed by atoms with Crippen LogP contribution < -0.4 is 5.32 Å². The number of nitrogens with one attached hydrogen (secondary N) is 1. The smallest absolute Gasteiger partial charge is 0.182 e. The largest absolute Gasteiger partial charge is 0.312 e. The quantitative estimate of drug-likeness (QED) is 0.762. The van der Waals surface area contributed by atoms with Crippen LogP contribution in [-0.2, 0) is 7.05 Å². The van der Waals surface area contributed by atoms with E-state index in [1.54, 1.807) is 24.0 Å². The SMILES string of the molecule is Cn1nccc1C(=O)CCNC(C)(C)C. The van der Waals surface area contributed by atoms with Crippen molar-refractivity contribution in [1.82, 2.24) is 15.1 Å². The Morgan fingerprint density at radius 1 is 1.53 bits per heavy atom. The van der Waals surface area contributed by atoms with E-state index in [4.69, 9.17) is 0 Å². The number of hydrogen-bond acceptors (Lipinski definition) is 3. The van der Waals surface area contributed by atoms with Crippen molar-refractivity contribution in [2.45, 2.75) is 32.7 Å². The standard InChI is InChI=1S/C11H19N3O/c1-11(2,3)12-7-6-10(15)9-5-8-13-14(9)4/h5,8,12H,6-7H2,1-4H3. The van der Waals surface area contributed by atoms with E-state index in [1.165, 1.54) is 0 Å². The van der Waals surface area contributed by atoms with Crippen molar-refractivity contribution < 1.29 is 4.79 Å². The summed E-state index contributed by atoms with van der Waals surface area (Å²) in [6.45, 7) is 6.96. The molecule has 0 atom stereocenters. The maximum atomic E-state index is 11.7. The van der Waals surface area contributed by atoms with E-state index in [1.807, 2.05) is 0 Å². The lowest BCUT2D eigenvalue weighted by Gasteiger charge is -2.19. The van der Waals surface area contributed by atoms with Crippen LogP contribution in [0, 0.1) is 0 Å². The Bertz CT molecular complexity index is 336. The van der Waals surface area contributed by atoms with Gasteiger partial charge in [-0.15, -0.1) is 0 Å². The highest BCUT2D eigenvalue weighted by molar-refractivity contribution is 5.94. The van der Waals surface area contributed by atoms with E-state index >= 15 is 0 Å². The highest BCUT2D eigenvalue weighted by Crippen LogP contribution is 2.03. The summed E-state index contributed by atoms with van der Waals surface area (Å²) in [5.74, 6) is 0.131. The molecule has 1 rings (SSSR count). The molecule has 0 aliphatic rings. The molecule has 0 fully saturated rings. The van der Waals surface area contributed by atoms with Crippen LogP contribution in [0.1, 0.15) is 37.7 Å². The molecular formula is C11H19N3O. The van der Waals surface area contributed by atoms with Crippen molar-refractivity contribution in [2.75, 3.05) is 6.54 Å². The number of aryl methyl sites for hydroxylation is 1. The predicted molar refractivity (Wildman–Crippen MR) is 59.9 cm³/mol. The van der Waals surface area contributed by atoms with Crippen LogP contribution in [0.15, 0.2) is 12.3 Å². The second-order valence-corrected chi connectivity index (χ2v) is 4.69. The minimum absolute atomic E-state index is 0.0622. The van der Waals surface area contributed by atoms with Crippen LogP contribution >= 0.6 is 0 Å². The molecule has 0 aliphatic heterocycles. The molecule has 1 aromatic rings. The molecule has 4 nitrogen and oxygen atoms in total. The molecule has 0 saturated carbocycles. The molecule has 1 N–H and O–H groups in total. The van der Waals surface area contributed by atoms with Gasteiger partial charge in [0.05, 0.1) is 0 Å². The molecule has 15 heavy (non-hydrogen) atoms. The molecule has 0 radical (unpaired) electrons. The molecule has 0 spiro atoms. The predicted octanol–water partition coefficient (Wildman–Crippen LogP) is 1.38. The van der Waals surface area contributed by atoms with E-state index in [-0.39, 0.29) is 11.3 Å². The molecule has 0 saturated heterocycles. The van der Waals surface area contributed by atoms with E-state index < -0.39 is 0 Å². The van der Waals surface area contributed by atoms with Crippen LogP contribution in [0.25, 0.3) is 0 Å². The third-order valence-corrected chi connectivity index (χ3v) is 2.11. The van der Waals surface area contributed by atoms with Crippen molar-refractivity contribution >= 4 is 5.78 Å². The average Bonchev–Trinajstić information content (AvgIpc) is 2.48. The molecule has 0 bridgehead atoms. The summed E-state index contributed by atoms with van der Waals surface area (Å²) in [6, 6.07) is 1.75. The van der Waals surface area contributed by atoms with Gasteiger partial charge in [-0.3, -0.25) is 9.48 Å². The van der Waals surface area contributed by atoms with Gasteiger partial charge in [0.1, 0.15) is 5.69 Å². The number of hydrogen-bond donors (Lipinski definition) is 1. The normalized spacial score (nSPS) is 11.7. The minimum Gasteiger partial charge on any atom is -0.312 e. The van der Waals surface area contributed by atoms with Gasteiger partial charge in [-0.25, -0.2) is 0 Å². The fraction of sp³-hybridized carbons (Fsp3) is 0.636. The number of carbonyl (C=O) groups excluding carboxylic acids is 1. The maximum Gasteiger partial charge on any atom is 0.182 e. The van der Waals surface area contributed by atoms with Crippen LogP contribution in [0.4, 0.5) is 0 Å².